The Balaban J connectivity index is 1.60. The van der Waals surface area contributed by atoms with Gasteiger partial charge in [-0.25, -0.2) is 9.59 Å². The van der Waals surface area contributed by atoms with Crippen molar-refractivity contribution in [3.8, 4) is 44.5 Å². The number of hydrogen-bond donors (Lipinski definition) is 2. The van der Waals surface area contributed by atoms with Gasteiger partial charge in [0.15, 0.2) is 0 Å². The number of carbonyl (C=O) groups is 2. The quantitative estimate of drug-likeness (QED) is 0.266. The molecule has 0 saturated heterocycles. The molecule has 36 heavy (non-hydrogen) atoms. The molecule has 0 aromatic heterocycles. The number of benzene rings is 5. The molecule has 4 nitrogen and oxygen atoms in total. The molecule has 0 atom stereocenters. The topological polar surface area (TPSA) is 74.6 Å². The van der Waals surface area contributed by atoms with Crippen molar-refractivity contribution in [2.24, 2.45) is 0 Å². The molecule has 5 aromatic carbocycles. The van der Waals surface area contributed by atoms with Gasteiger partial charge in [-0.2, -0.15) is 0 Å². The summed E-state index contributed by atoms with van der Waals surface area (Å²) in [5.74, 6) is -2.01. The third-order valence-electron chi connectivity index (χ3n) is 6.23. The number of carboxylic acids is 2. The van der Waals surface area contributed by atoms with Crippen LogP contribution in [0.2, 0.25) is 0 Å². The number of carboxylic acid groups (broad SMARTS) is 2. The van der Waals surface area contributed by atoms with Gasteiger partial charge in [0.2, 0.25) is 0 Å². The van der Waals surface area contributed by atoms with Crippen LogP contribution in [-0.4, -0.2) is 22.2 Å². The molecule has 0 amide bonds. The average Bonchev–Trinajstić information content (AvgIpc) is 2.93. The molecule has 0 spiro atoms. The SMILES string of the molecule is O=C(O)c1c(-c2ccccc2)cccc1-c1ccc(-c2cccc(-c3ccccc3)c2C(=O)O)cc1. The molecule has 5 aromatic rings. The van der Waals surface area contributed by atoms with E-state index < -0.39 is 11.9 Å². The third kappa shape index (κ3) is 4.28. The van der Waals surface area contributed by atoms with E-state index in [1.807, 2.05) is 109 Å². The fourth-order valence-corrected chi connectivity index (χ4v) is 4.59. The van der Waals surface area contributed by atoms with E-state index in [2.05, 4.69) is 0 Å². The average molecular weight is 471 g/mol. The summed E-state index contributed by atoms with van der Waals surface area (Å²) in [4.78, 5) is 24.6. The van der Waals surface area contributed by atoms with Gasteiger partial charge in [0, 0.05) is 0 Å². The Bertz CT molecular complexity index is 1430. The van der Waals surface area contributed by atoms with Crippen molar-refractivity contribution < 1.29 is 19.8 Å². The van der Waals surface area contributed by atoms with E-state index in [0.717, 1.165) is 22.3 Å². The molecule has 0 aliphatic carbocycles. The zero-order valence-electron chi connectivity index (χ0n) is 19.3. The van der Waals surface area contributed by atoms with Crippen LogP contribution in [0.5, 0.6) is 0 Å². The zero-order valence-corrected chi connectivity index (χ0v) is 19.3. The fraction of sp³-hybridized carbons (Fsp3) is 0. The smallest absolute Gasteiger partial charge is 0.336 e. The summed E-state index contributed by atoms with van der Waals surface area (Å²) < 4.78 is 0. The van der Waals surface area contributed by atoms with E-state index in [-0.39, 0.29) is 11.1 Å². The molecule has 0 fully saturated rings. The van der Waals surface area contributed by atoms with Crippen LogP contribution in [0.25, 0.3) is 44.5 Å². The van der Waals surface area contributed by atoms with Gasteiger partial charge in [-0.3, -0.25) is 0 Å². The van der Waals surface area contributed by atoms with Crippen molar-refractivity contribution in [3.63, 3.8) is 0 Å². The number of hydrogen-bond acceptors (Lipinski definition) is 2. The Kier molecular flexibility index (Phi) is 6.16. The lowest BCUT2D eigenvalue weighted by molar-refractivity contribution is 0.0687. The third-order valence-corrected chi connectivity index (χ3v) is 6.23. The molecule has 0 unspecified atom stereocenters. The van der Waals surface area contributed by atoms with Crippen molar-refractivity contribution in [2.45, 2.75) is 0 Å². The predicted octanol–water partition coefficient (Wildman–Crippen LogP) is 7.75. The van der Waals surface area contributed by atoms with Crippen molar-refractivity contribution >= 4 is 11.9 Å². The minimum Gasteiger partial charge on any atom is -0.478 e. The normalized spacial score (nSPS) is 10.7. The van der Waals surface area contributed by atoms with Crippen LogP contribution >= 0.6 is 0 Å². The van der Waals surface area contributed by atoms with Crippen LogP contribution in [0.4, 0.5) is 0 Å². The van der Waals surface area contributed by atoms with Gasteiger partial charge in [-0.15, -0.1) is 0 Å². The van der Waals surface area contributed by atoms with E-state index in [4.69, 9.17) is 0 Å². The highest BCUT2D eigenvalue weighted by Gasteiger charge is 2.20. The minimum atomic E-state index is -1.00. The number of aromatic carboxylic acids is 2. The van der Waals surface area contributed by atoms with Gasteiger partial charge in [-0.05, 0) is 44.5 Å². The molecular formula is C32H22O4. The second kappa shape index (κ2) is 9.72. The molecule has 0 saturated carbocycles. The lowest BCUT2D eigenvalue weighted by Crippen LogP contribution is -2.03. The molecule has 0 aliphatic rings. The van der Waals surface area contributed by atoms with Crippen molar-refractivity contribution in [1.29, 1.82) is 0 Å². The molecule has 5 rings (SSSR count). The summed E-state index contributed by atoms with van der Waals surface area (Å²) in [6.07, 6.45) is 0. The van der Waals surface area contributed by atoms with Crippen LogP contribution in [0.1, 0.15) is 20.7 Å². The Morgan fingerprint density at radius 1 is 0.361 bits per heavy atom. The van der Waals surface area contributed by atoms with Gasteiger partial charge in [0.05, 0.1) is 11.1 Å². The van der Waals surface area contributed by atoms with E-state index >= 15 is 0 Å². The Labute approximate surface area is 208 Å². The van der Waals surface area contributed by atoms with Gasteiger partial charge >= 0.3 is 11.9 Å². The van der Waals surface area contributed by atoms with Crippen molar-refractivity contribution in [3.05, 3.63) is 132 Å². The molecular weight excluding hydrogens is 448 g/mol. The Morgan fingerprint density at radius 2 is 0.639 bits per heavy atom. The first-order valence-electron chi connectivity index (χ1n) is 11.5. The van der Waals surface area contributed by atoms with E-state index in [1.54, 1.807) is 12.1 Å². The summed E-state index contributed by atoms with van der Waals surface area (Å²) in [5, 5.41) is 20.1. The van der Waals surface area contributed by atoms with E-state index in [9.17, 15) is 19.8 Å². The van der Waals surface area contributed by atoms with Crippen LogP contribution in [-0.2, 0) is 0 Å². The van der Waals surface area contributed by atoms with Crippen LogP contribution < -0.4 is 0 Å². The fourth-order valence-electron chi connectivity index (χ4n) is 4.59. The molecule has 4 heteroatoms. The van der Waals surface area contributed by atoms with Gasteiger partial charge in [0.25, 0.3) is 0 Å². The first-order chi connectivity index (χ1) is 17.5. The van der Waals surface area contributed by atoms with Crippen molar-refractivity contribution in [1.82, 2.24) is 0 Å². The predicted molar refractivity (Wildman–Crippen MR) is 142 cm³/mol. The summed E-state index contributed by atoms with van der Waals surface area (Å²) in [6, 6.07) is 37.1. The van der Waals surface area contributed by atoms with Gasteiger partial charge in [0.1, 0.15) is 0 Å². The molecule has 0 aliphatic heterocycles. The summed E-state index contributed by atoms with van der Waals surface area (Å²) >= 11 is 0. The maximum atomic E-state index is 12.3. The van der Waals surface area contributed by atoms with Crippen LogP contribution in [0.3, 0.4) is 0 Å². The van der Waals surface area contributed by atoms with E-state index in [0.29, 0.717) is 22.3 Å². The highest BCUT2D eigenvalue weighted by molar-refractivity contribution is 6.04. The first kappa shape index (κ1) is 22.8. The second-order valence-corrected chi connectivity index (χ2v) is 8.38. The Morgan fingerprint density at radius 3 is 0.917 bits per heavy atom. The van der Waals surface area contributed by atoms with Crippen LogP contribution in [0.15, 0.2) is 121 Å². The molecule has 0 bridgehead atoms. The van der Waals surface area contributed by atoms with Crippen LogP contribution in [0, 0.1) is 0 Å². The highest BCUT2D eigenvalue weighted by atomic mass is 16.4. The zero-order chi connectivity index (χ0) is 25.1. The summed E-state index contributed by atoms with van der Waals surface area (Å²) in [7, 11) is 0. The minimum absolute atomic E-state index is 0.230. The highest BCUT2D eigenvalue weighted by Crippen LogP contribution is 2.36. The number of rotatable bonds is 6. The maximum Gasteiger partial charge on any atom is 0.336 e. The largest absolute Gasteiger partial charge is 0.478 e. The lowest BCUT2D eigenvalue weighted by atomic mass is 9.89. The lowest BCUT2D eigenvalue weighted by Gasteiger charge is -2.14. The maximum absolute atomic E-state index is 12.3. The summed E-state index contributed by atoms with van der Waals surface area (Å²) in [6.45, 7) is 0. The second-order valence-electron chi connectivity index (χ2n) is 8.38. The standard InChI is InChI=1S/C32H22O4/c33-31(34)29-25(21-9-3-1-4-10-21)13-7-15-27(29)23-17-19-24(20-18-23)28-16-8-14-26(30(28)32(35)36)22-11-5-2-6-12-22/h1-20H,(H,33,34)(H,35,36). The monoisotopic (exact) mass is 470 g/mol. The first-order valence-corrected chi connectivity index (χ1v) is 11.5. The molecule has 0 radical (unpaired) electrons. The van der Waals surface area contributed by atoms with Gasteiger partial charge < -0.3 is 10.2 Å². The Hall–Kier alpha value is -4.96. The molecule has 174 valence electrons. The molecule has 2 N–H and O–H groups in total. The van der Waals surface area contributed by atoms with Crippen molar-refractivity contribution in [2.75, 3.05) is 0 Å². The van der Waals surface area contributed by atoms with E-state index in [1.165, 1.54) is 0 Å². The summed E-state index contributed by atoms with van der Waals surface area (Å²) in [5.41, 5.74) is 6.10. The van der Waals surface area contributed by atoms with Gasteiger partial charge in [-0.1, -0.05) is 121 Å². The molecule has 0 heterocycles.